The molecular formula is C28H38N8O5S. The third kappa shape index (κ3) is 5.55. The van der Waals surface area contributed by atoms with Gasteiger partial charge in [-0.1, -0.05) is 11.3 Å². The molecule has 1 aliphatic carbocycles. The van der Waals surface area contributed by atoms with Crippen LogP contribution in [-0.2, 0) is 14.8 Å². The smallest absolute Gasteiger partial charge is 0.229 e. The van der Waals surface area contributed by atoms with Crippen LogP contribution in [0.3, 0.4) is 0 Å². The Morgan fingerprint density at radius 2 is 1.79 bits per heavy atom. The van der Waals surface area contributed by atoms with Gasteiger partial charge in [-0.05, 0) is 62.6 Å². The average Bonchev–Trinajstić information content (AvgIpc) is 3.52. The molecule has 0 amide bonds. The van der Waals surface area contributed by atoms with Crippen LogP contribution in [-0.4, -0.2) is 90.6 Å². The molecule has 42 heavy (non-hydrogen) atoms. The van der Waals surface area contributed by atoms with Crippen molar-refractivity contribution in [2.45, 2.75) is 56.9 Å². The van der Waals surface area contributed by atoms with Crippen LogP contribution in [0.4, 0.5) is 11.6 Å². The van der Waals surface area contributed by atoms with Crippen LogP contribution in [0.1, 0.15) is 50.3 Å². The molecule has 1 unspecified atom stereocenters. The Morgan fingerprint density at radius 3 is 2.40 bits per heavy atom. The van der Waals surface area contributed by atoms with Crippen LogP contribution >= 0.6 is 0 Å². The number of benzene rings is 1. The van der Waals surface area contributed by atoms with Crippen LogP contribution in [0.25, 0.3) is 17.1 Å². The van der Waals surface area contributed by atoms with Crippen molar-refractivity contribution in [3.05, 3.63) is 36.0 Å². The molecule has 3 N–H and O–H groups in total. The number of hydrogen-bond acceptors (Lipinski definition) is 11. The summed E-state index contributed by atoms with van der Waals surface area (Å²) in [7, 11) is -2.43. The number of hydrogen-bond donors (Lipinski definition) is 2. The molecule has 14 heteroatoms. The third-order valence-corrected chi connectivity index (χ3v) is 10.1. The van der Waals surface area contributed by atoms with Crippen molar-refractivity contribution in [2.75, 3.05) is 49.8 Å². The number of ether oxygens (including phenoxy) is 2. The number of piperidine rings is 1. The molecule has 3 aromatic rings. The maximum absolute atomic E-state index is 12.2. The monoisotopic (exact) mass is 598 g/mol. The fraction of sp³-hybridized carbons (Fsp3) is 0.571. The second kappa shape index (κ2) is 11.1. The van der Waals surface area contributed by atoms with Gasteiger partial charge in [0.1, 0.15) is 16.6 Å². The van der Waals surface area contributed by atoms with E-state index in [0.717, 1.165) is 37.3 Å². The molecule has 3 atom stereocenters. The maximum Gasteiger partial charge on any atom is 0.229 e. The lowest BCUT2D eigenvalue weighted by atomic mass is 9.93. The number of rotatable bonds is 8. The molecule has 4 heterocycles. The van der Waals surface area contributed by atoms with E-state index in [-0.39, 0.29) is 12.1 Å². The Bertz CT molecular complexity index is 1540. The van der Waals surface area contributed by atoms with Crippen LogP contribution in [0.5, 0.6) is 5.88 Å². The van der Waals surface area contributed by atoms with Gasteiger partial charge in [0.25, 0.3) is 0 Å². The van der Waals surface area contributed by atoms with Gasteiger partial charge in [-0.15, -0.1) is 5.10 Å². The summed E-state index contributed by atoms with van der Waals surface area (Å²) in [5.74, 6) is 0.952. The molecule has 0 bridgehead atoms. The number of aromatic nitrogens is 5. The summed E-state index contributed by atoms with van der Waals surface area (Å²) in [6.45, 7) is 6.39. The molecule has 1 saturated carbocycles. The van der Waals surface area contributed by atoms with Crippen molar-refractivity contribution in [1.29, 1.82) is 0 Å². The minimum atomic E-state index is -4.00. The normalized spacial score (nSPS) is 22.8. The highest BCUT2D eigenvalue weighted by atomic mass is 32.2. The van der Waals surface area contributed by atoms with Crippen LogP contribution in [0, 0.1) is 5.41 Å². The van der Waals surface area contributed by atoms with Crippen molar-refractivity contribution in [3.63, 3.8) is 0 Å². The highest BCUT2D eigenvalue weighted by Crippen LogP contribution is 2.54. The maximum atomic E-state index is 12.2. The number of aliphatic hydroxyl groups is 1. The Kier molecular flexibility index (Phi) is 7.58. The van der Waals surface area contributed by atoms with Gasteiger partial charge in [0.2, 0.25) is 21.9 Å². The lowest BCUT2D eigenvalue weighted by Gasteiger charge is -2.38. The molecule has 2 aromatic heterocycles. The lowest BCUT2D eigenvalue weighted by molar-refractivity contribution is 0.0746. The average molecular weight is 599 g/mol. The van der Waals surface area contributed by atoms with E-state index < -0.39 is 21.9 Å². The van der Waals surface area contributed by atoms with Crippen molar-refractivity contribution >= 4 is 21.7 Å². The number of primary sulfonamides is 1. The predicted octanol–water partition coefficient (Wildman–Crippen LogP) is 2.05. The van der Waals surface area contributed by atoms with E-state index in [9.17, 15) is 13.5 Å². The van der Waals surface area contributed by atoms with E-state index >= 15 is 0 Å². The Balaban J connectivity index is 1.38. The number of methoxy groups -OCH3 is 1. The number of nitrogens with two attached hydrogens (primary N) is 1. The van der Waals surface area contributed by atoms with E-state index in [1.165, 1.54) is 12.8 Å². The summed E-state index contributed by atoms with van der Waals surface area (Å²) in [4.78, 5) is 13.8. The van der Waals surface area contributed by atoms with E-state index in [4.69, 9.17) is 19.6 Å². The number of sulfonamides is 1. The van der Waals surface area contributed by atoms with Crippen molar-refractivity contribution in [2.24, 2.45) is 10.6 Å². The second-order valence-electron chi connectivity index (χ2n) is 11.8. The number of anilines is 2. The topological polar surface area (TPSA) is 162 Å². The summed E-state index contributed by atoms with van der Waals surface area (Å²) >= 11 is 0. The Hall–Kier alpha value is -3.33. The van der Waals surface area contributed by atoms with Gasteiger partial charge in [0.15, 0.2) is 0 Å². The Labute approximate surface area is 245 Å². The van der Waals surface area contributed by atoms with Gasteiger partial charge < -0.3 is 24.4 Å². The Morgan fingerprint density at radius 1 is 1.07 bits per heavy atom. The molecule has 226 valence electrons. The van der Waals surface area contributed by atoms with E-state index in [1.807, 2.05) is 6.07 Å². The lowest BCUT2D eigenvalue weighted by Crippen LogP contribution is -2.50. The van der Waals surface area contributed by atoms with Crippen molar-refractivity contribution in [3.8, 4) is 23.0 Å². The second-order valence-corrected chi connectivity index (χ2v) is 13.5. The van der Waals surface area contributed by atoms with Crippen LogP contribution in [0.2, 0.25) is 0 Å². The molecule has 1 aromatic carbocycles. The summed E-state index contributed by atoms with van der Waals surface area (Å²) in [6, 6.07) is 7.19. The van der Waals surface area contributed by atoms with Gasteiger partial charge in [-0.3, -0.25) is 0 Å². The van der Waals surface area contributed by atoms with Crippen molar-refractivity contribution < 1.29 is 23.0 Å². The zero-order valence-electron chi connectivity index (χ0n) is 24.2. The SMILES string of the molecule is COc1cc(-c2cn(-c3ccc(C(CO)S(N)(=O)=O)cc3N3CCC4(CC3)CC4)nn2)nc(N2[C@H](C)COC[C@@H]2C)n1. The number of nitrogens with zero attached hydrogens (tertiary/aromatic N) is 7. The first kappa shape index (κ1) is 28.8. The fourth-order valence-electron chi connectivity index (χ4n) is 6.15. The number of aliphatic hydroxyl groups excluding tert-OH is 1. The first-order valence-corrected chi connectivity index (χ1v) is 16.0. The predicted molar refractivity (Wildman–Crippen MR) is 157 cm³/mol. The molecule has 3 aliphatic rings. The van der Waals surface area contributed by atoms with E-state index in [2.05, 4.69) is 38.9 Å². The zero-order chi connectivity index (χ0) is 29.6. The van der Waals surface area contributed by atoms with Gasteiger partial charge in [0.05, 0.1) is 56.6 Å². The quantitative estimate of drug-likeness (QED) is 0.390. The van der Waals surface area contributed by atoms with Gasteiger partial charge in [0, 0.05) is 19.2 Å². The third-order valence-electron chi connectivity index (χ3n) is 8.86. The summed E-state index contributed by atoms with van der Waals surface area (Å²) < 4.78 is 37.3. The minimum absolute atomic E-state index is 0.0878. The highest BCUT2D eigenvalue weighted by Gasteiger charge is 2.44. The molecule has 13 nitrogen and oxygen atoms in total. The standard InChI is InChI=1S/C28H38N8O5S/c1-18-16-41-17-19(2)36(18)27-30-21(13-26(31-27)40-3)22-14-35(33-32-22)23-5-4-20(25(15-37)42(29,38)39)12-24(23)34-10-8-28(6-7-28)9-11-34/h4-5,12-14,18-19,25,37H,6-11,15-17H2,1-3H3,(H2,29,38,39)/t18-,19+,25?. The zero-order valence-corrected chi connectivity index (χ0v) is 25.0. The van der Waals surface area contributed by atoms with Gasteiger partial charge in [-0.2, -0.15) is 4.98 Å². The molecular weight excluding hydrogens is 560 g/mol. The van der Waals surface area contributed by atoms with Crippen LogP contribution < -0.4 is 19.7 Å². The molecule has 3 fully saturated rings. The largest absolute Gasteiger partial charge is 0.481 e. The first-order valence-electron chi connectivity index (χ1n) is 14.3. The van der Waals surface area contributed by atoms with E-state index in [1.54, 1.807) is 36.2 Å². The minimum Gasteiger partial charge on any atom is -0.481 e. The first-order chi connectivity index (χ1) is 20.1. The molecule has 2 aliphatic heterocycles. The number of morpholine rings is 1. The van der Waals surface area contributed by atoms with Crippen LogP contribution in [0.15, 0.2) is 30.5 Å². The fourth-order valence-corrected chi connectivity index (χ4v) is 6.88. The molecule has 2 saturated heterocycles. The summed E-state index contributed by atoms with van der Waals surface area (Å²) in [5.41, 5.74) is 3.56. The summed E-state index contributed by atoms with van der Waals surface area (Å²) in [5, 5.41) is 23.0. The van der Waals surface area contributed by atoms with E-state index in [0.29, 0.717) is 47.4 Å². The van der Waals surface area contributed by atoms with Crippen molar-refractivity contribution in [1.82, 2.24) is 25.0 Å². The molecule has 0 radical (unpaired) electrons. The van der Waals surface area contributed by atoms with Gasteiger partial charge in [-0.25, -0.2) is 23.2 Å². The van der Waals surface area contributed by atoms with Gasteiger partial charge >= 0.3 is 0 Å². The molecule has 1 spiro atoms. The highest BCUT2D eigenvalue weighted by molar-refractivity contribution is 7.89. The molecule has 6 rings (SSSR count). The summed E-state index contributed by atoms with van der Waals surface area (Å²) in [6.07, 6.45) is 6.50.